The lowest BCUT2D eigenvalue weighted by Gasteiger charge is -2.39. The molecule has 1 aromatic rings. The summed E-state index contributed by atoms with van der Waals surface area (Å²) in [5, 5.41) is 5.36. The number of nitrogens with two attached hydrogens (primary N) is 1. The number of rotatable bonds is 7. The van der Waals surface area contributed by atoms with Gasteiger partial charge in [-0.15, -0.1) is 11.3 Å². The summed E-state index contributed by atoms with van der Waals surface area (Å²) in [6.45, 7) is 6.40. The van der Waals surface area contributed by atoms with Crippen LogP contribution in [0.2, 0.25) is 0 Å². The number of hydrogen-bond donors (Lipinski definition) is 2. The minimum Gasteiger partial charge on any atom is -0.355 e. The predicted octanol–water partition coefficient (Wildman–Crippen LogP) is 3.01. The molecule has 1 amide bonds. The van der Waals surface area contributed by atoms with Gasteiger partial charge in [0.25, 0.3) is 0 Å². The SMILES string of the molecule is CCC(CC)(CN)C(=O)NCC1CCCN(C)C1c1cccs1. The Kier molecular flexibility index (Phi) is 6.62. The highest BCUT2D eigenvalue weighted by Crippen LogP contribution is 2.37. The molecule has 2 rings (SSSR count). The number of nitrogens with zero attached hydrogens (tertiary/aromatic N) is 1. The van der Waals surface area contributed by atoms with Gasteiger partial charge in [-0.05, 0) is 56.6 Å². The van der Waals surface area contributed by atoms with E-state index in [0.717, 1.165) is 25.9 Å². The van der Waals surface area contributed by atoms with Crippen molar-refractivity contribution in [3.63, 3.8) is 0 Å². The molecule has 2 atom stereocenters. The fraction of sp³-hybridized carbons (Fsp3) is 0.722. The molecule has 0 bridgehead atoms. The van der Waals surface area contributed by atoms with E-state index in [1.807, 2.05) is 11.3 Å². The largest absolute Gasteiger partial charge is 0.355 e. The van der Waals surface area contributed by atoms with Crippen LogP contribution in [0.25, 0.3) is 0 Å². The summed E-state index contributed by atoms with van der Waals surface area (Å²) >= 11 is 1.82. The number of amides is 1. The van der Waals surface area contributed by atoms with Crippen molar-refractivity contribution in [1.82, 2.24) is 10.2 Å². The maximum absolute atomic E-state index is 12.7. The van der Waals surface area contributed by atoms with Crippen molar-refractivity contribution in [3.05, 3.63) is 22.4 Å². The smallest absolute Gasteiger partial charge is 0.227 e. The molecule has 2 unspecified atom stereocenters. The number of carbonyl (C=O) groups excluding carboxylic acids is 1. The van der Waals surface area contributed by atoms with E-state index in [9.17, 15) is 4.79 Å². The van der Waals surface area contributed by atoms with Crippen molar-refractivity contribution >= 4 is 17.2 Å². The first-order valence-electron chi connectivity index (χ1n) is 8.80. The van der Waals surface area contributed by atoms with Crippen LogP contribution in [-0.4, -0.2) is 37.5 Å². The fourth-order valence-corrected chi connectivity index (χ4v) is 4.73. The van der Waals surface area contributed by atoms with Crippen LogP contribution in [-0.2, 0) is 4.79 Å². The molecule has 130 valence electrons. The molecule has 0 saturated carbocycles. The maximum Gasteiger partial charge on any atom is 0.227 e. The van der Waals surface area contributed by atoms with E-state index in [4.69, 9.17) is 5.73 Å². The van der Waals surface area contributed by atoms with Gasteiger partial charge in [-0.3, -0.25) is 9.69 Å². The first kappa shape index (κ1) is 18.4. The molecule has 1 fully saturated rings. The zero-order valence-corrected chi connectivity index (χ0v) is 15.5. The van der Waals surface area contributed by atoms with Gasteiger partial charge in [0.2, 0.25) is 5.91 Å². The summed E-state index contributed by atoms with van der Waals surface area (Å²) in [4.78, 5) is 16.5. The molecule has 0 aliphatic carbocycles. The summed E-state index contributed by atoms with van der Waals surface area (Å²) in [5.41, 5.74) is 5.49. The molecular formula is C18H31N3OS. The van der Waals surface area contributed by atoms with Crippen LogP contribution < -0.4 is 11.1 Å². The van der Waals surface area contributed by atoms with E-state index in [2.05, 4.69) is 48.6 Å². The van der Waals surface area contributed by atoms with Crippen LogP contribution in [0.3, 0.4) is 0 Å². The molecule has 1 aromatic heterocycles. The summed E-state index contributed by atoms with van der Waals surface area (Å²) in [7, 11) is 2.20. The van der Waals surface area contributed by atoms with Gasteiger partial charge in [0.1, 0.15) is 0 Å². The lowest BCUT2D eigenvalue weighted by molar-refractivity contribution is -0.131. The Balaban J connectivity index is 2.04. The van der Waals surface area contributed by atoms with Gasteiger partial charge in [0.15, 0.2) is 0 Å². The Morgan fingerprint density at radius 2 is 2.22 bits per heavy atom. The summed E-state index contributed by atoms with van der Waals surface area (Å²) in [6.07, 6.45) is 3.96. The first-order valence-corrected chi connectivity index (χ1v) is 9.68. The normalized spacial score (nSPS) is 23.0. The predicted molar refractivity (Wildman–Crippen MR) is 97.5 cm³/mol. The highest BCUT2D eigenvalue weighted by atomic mass is 32.1. The zero-order valence-electron chi connectivity index (χ0n) is 14.7. The average molecular weight is 338 g/mol. The Morgan fingerprint density at radius 1 is 1.48 bits per heavy atom. The highest BCUT2D eigenvalue weighted by Gasteiger charge is 2.35. The number of hydrogen-bond acceptors (Lipinski definition) is 4. The third-order valence-corrected chi connectivity index (χ3v) is 6.54. The second kappa shape index (κ2) is 8.27. The Morgan fingerprint density at radius 3 is 2.78 bits per heavy atom. The minimum atomic E-state index is -0.404. The average Bonchev–Trinajstić information content (AvgIpc) is 3.09. The first-order chi connectivity index (χ1) is 11.1. The van der Waals surface area contributed by atoms with E-state index in [1.54, 1.807) is 0 Å². The number of nitrogens with one attached hydrogen (secondary N) is 1. The molecule has 0 radical (unpaired) electrons. The fourth-order valence-electron chi connectivity index (χ4n) is 3.75. The van der Waals surface area contributed by atoms with E-state index in [1.165, 1.54) is 17.7 Å². The van der Waals surface area contributed by atoms with Crippen molar-refractivity contribution < 1.29 is 4.79 Å². The molecule has 0 spiro atoms. The number of thiophene rings is 1. The van der Waals surface area contributed by atoms with Gasteiger partial charge in [-0.25, -0.2) is 0 Å². The summed E-state index contributed by atoms with van der Waals surface area (Å²) in [5.74, 6) is 0.601. The second-order valence-electron chi connectivity index (χ2n) is 6.74. The molecule has 23 heavy (non-hydrogen) atoms. The summed E-state index contributed by atoms with van der Waals surface area (Å²) < 4.78 is 0. The molecule has 2 heterocycles. The van der Waals surface area contributed by atoms with Crippen molar-refractivity contribution in [2.24, 2.45) is 17.1 Å². The molecule has 1 aliphatic heterocycles. The van der Waals surface area contributed by atoms with Crippen molar-refractivity contribution in [2.75, 3.05) is 26.7 Å². The topological polar surface area (TPSA) is 58.4 Å². The lowest BCUT2D eigenvalue weighted by Crippen LogP contribution is -2.48. The van der Waals surface area contributed by atoms with Gasteiger partial charge >= 0.3 is 0 Å². The zero-order chi connectivity index (χ0) is 16.9. The standard InChI is InChI=1S/C18H31N3OS/c1-4-18(5-2,13-19)17(22)20-12-14-8-6-10-21(3)16(14)15-9-7-11-23-15/h7,9,11,14,16H,4-6,8,10,12-13,19H2,1-3H3,(H,20,22). The Bertz CT molecular complexity index is 476. The van der Waals surface area contributed by atoms with E-state index in [-0.39, 0.29) is 5.91 Å². The highest BCUT2D eigenvalue weighted by molar-refractivity contribution is 7.10. The molecular weight excluding hydrogens is 306 g/mol. The molecule has 4 nitrogen and oxygen atoms in total. The third kappa shape index (κ3) is 3.95. The van der Waals surface area contributed by atoms with E-state index < -0.39 is 5.41 Å². The third-order valence-electron chi connectivity index (χ3n) is 5.59. The molecule has 0 aromatic carbocycles. The molecule has 1 aliphatic rings. The number of carbonyl (C=O) groups is 1. The van der Waals surface area contributed by atoms with E-state index in [0.29, 0.717) is 18.5 Å². The van der Waals surface area contributed by atoms with Crippen LogP contribution >= 0.6 is 11.3 Å². The van der Waals surface area contributed by atoms with Crippen molar-refractivity contribution in [1.29, 1.82) is 0 Å². The van der Waals surface area contributed by atoms with Gasteiger partial charge in [0, 0.05) is 24.0 Å². The van der Waals surface area contributed by atoms with Gasteiger partial charge in [0.05, 0.1) is 5.41 Å². The molecule has 3 N–H and O–H groups in total. The van der Waals surface area contributed by atoms with Crippen LogP contribution in [0.15, 0.2) is 17.5 Å². The monoisotopic (exact) mass is 337 g/mol. The van der Waals surface area contributed by atoms with Crippen LogP contribution in [0.4, 0.5) is 0 Å². The van der Waals surface area contributed by atoms with Crippen molar-refractivity contribution in [2.45, 2.75) is 45.6 Å². The number of likely N-dealkylation sites (tertiary alicyclic amines) is 1. The quantitative estimate of drug-likeness (QED) is 0.804. The Hall–Kier alpha value is -0.910. The van der Waals surface area contributed by atoms with Gasteiger partial charge < -0.3 is 11.1 Å². The van der Waals surface area contributed by atoms with Crippen LogP contribution in [0.1, 0.15) is 50.4 Å². The van der Waals surface area contributed by atoms with Gasteiger partial charge in [-0.2, -0.15) is 0 Å². The van der Waals surface area contributed by atoms with Gasteiger partial charge in [-0.1, -0.05) is 19.9 Å². The van der Waals surface area contributed by atoms with E-state index >= 15 is 0 Å². The second-order valence-corrected chi connectivity index (χ2v) is 7.72. The Labute approximate surface area is 144 Å². The summed E-state index contributed by atoms with van der Waals surface area (Å²) in [6, 6.07) is 4.75. The van der Waals surface area contributed by atoms with Crippen LogP contribution in [0.5, 0.6) is 0 Å². The van der Waals surface area contributed by atoms with Crippen molar-refractivity contribution in [3.8, 4) is 0 Å². The number of piperidine rings is 1. The molecule has 5 heteroatoms. The van der Waals surface area contributed by atoms with Crippen LogP contribution in [0, 0.1) is 11.3 Å². The minimum absolute atomic E-state index is 0.128. The maximum atomic E-state index is 12.7. The lowest BCUT2D eigenvalue weighted by atomic mass is 9.81. The molecule has 1 saturated heterocycles.